The summed E-state index contributed by atoms with van der Waals surface area (Å²) in [5.41, 5.74) is 0.762. The summed E-state index contributed by atoms with van der Waals surface area (Å²) in [4.78, 5) is 16.7. The summed E-state index contributed by atoms with van der Waals surface area (Å²) < 4.78 is 6.75. The molecular weight excluding hydrogens is 368 g/mol. The van der Waals surface area contributed by atoms with Crippen LogP contribution in [0.5, 0.6) is 0 Å². The number of rotatable bonds is 7. The van der Waals surface area contributed by atoms with Crippen molar-refractivity contribution >= 4 is 17.6 Å². The van der Waals surface area contributed by atoms with Crippen LogP contribution in [0.1, 0.15) is 11.6 Å². The molecule has 27 heavy (non-hydrogen) atoms. The number of aliphatic hydroxyl groups excluding tert-OH is 1. The molecule has 2 atom stereocenters. The first-order chi connectivity index (χ1) is 13.1. The third-order valence-corrected chi connectivity index (χ3v) is 5.17. The second kappa shape index (κ2) is 9.32. The zero-order chi connectivity index (χ0) is 19.2. The molecule has 0 saturated carbocycles. The van der Waals surface area contributed by atoms with Crippen molar-refractivity contribution in [3.63, 3.8) is 0 Å². The number of halogens is 1. The molecule has 7 nitrogen and oxygen atoms in total. The Labute approximate surface area is 164 Å². The minimum atomic E-state index is -0.514. The van der Waals surface area contributed by atoms with Crippen molar-refractivity contribution in [2.24, 2.45) is 0 Å². The fraction of sp³-hybridized carbons (Fsp3) is 0.474. The van der Waals surface area contributed by atoms with Crippen molar-refractivity contribution in [3.8, 4) is 0 Å². The van der Waals surface area contributed by atoms with E-state index in [1.54, 1.807) is 16.9 Å². The summed E-state index contributed by atoms with van der Waals surface area (Å²) in [5, 5.41) is 15.0. The van der Waals surface area contributed by atoms with Gasteiger partial charge in [-0.1, -0.05) is 29.8 Å². The van der Waals surface area contributed by atoms with Crippen LogP contribution in [0, 0.1) is 0 Å². The molecule has 1 aliphatic rings. The van der Waals surface area contributed by atoms with Crippen molar-refractivity contribution < 1.29 is 14.6 Å². The largest absolute Gasteiger partial charge is 0.468 e. The molecule has 146 valence electrons. The SMILES string of the molecule is COC(=O)[C@H](c1ccccc1Cl)N1CCN(C[C@@H](O)Cn2cccn2)CC1. The number of hydrogen-bond donors (Lipinski definition) is 1. The summed E-state index contributed by atoms with van der Waals surface area (Å²) in [6.07, 6.45) is 3.05. The number of methoxy groups -OCH3 is 1. The van der Waals surface area contributed by atoms with Crippen LogP contribution < -0.4 is 0 Å². The molecule has 8 heteroatoms. The molecule has 2 heterocycles. The van der Waals surface area contributed by atoms with Gasteiger partial charge in [0, 0.05) is 50.1 Å². The van der Waals surface area contributed by atoms with Crippen LogP contribution in [-0.2, 0) is 16.1 Å². The van der Waals surface area contributed by atoms with Crippen molar-refractivity contribution in [1.29, 1.82) is 0 Å². The molecule has 0 spiro atoms. The molecule has 2 aromatic rings. The Morgan fingerprint density at radius 3 is 2.59 bits per heavy atom. The standard InChI is InChI=1S/C19H25ClN4O3/c1-27-19(26)18(16-5-2-3-6-17(16)20)23-11-9-22(10-12-23)13-15(25)14-24-8-4-7-21-24/h2-8,15,18,25H,9-14H2,1H3/t15-,18+/m1/s1. The van der Waals surface area contributed by atoms with E-state index < -0.39 is 12.1 Å². The van der Waals surface area contributed by atoms with E-state index in [2.05, 4.69) is 14.9 Å². The molecule has 1 aromatic heterocycles. The minimum absolute atomic E-state index is 0.310. The van der Waals surface area contributed by atoms with E-state index >= 15 is 0 Å². The lowest BCUT2D eigenvalue weighted by atomic mass is 10.0. The predicted octanol–water partition coefficient (Wildman–Crippen LogP) is 1.43. The Morgan fingerprint density at radius 1 is 1.22 bits per heavy atom. The first-order valence-corrected chi connectivity index (χ1v) is 9.40. The highest BCUT2D eigenvalue weighted by molar-refractivity contribution is 6.31. The van der Waals surface area contributed by atoms with Crippen molar-refractivity contribution in [1.82, 2.24) is 19.6 Å². The molecule has 1 fully saturated rings. The van der Waals surface area contributed by atoms with Gasteiger partial charge in [0.05, 0.1) is 19.8 Å². The Hall–Kier alpha value is -1.93. The second-order valence-electron chi connectivity index (χ2n) is 6.67. The lowest BCUT2D eigenvalue weighted by Gasteiger charge is -2.39. The number of piperazine rings is 1. The Morgan fingerprint density at radius 2 is 1.96 bits per heavy atom. The van der Waals surface area contributed by atoms with E-state index in [1.807, 2.05) is 30.5 Å². The van der Waals surface area contributed by atoms with E-state index in [4.69, 9.17) is 16.3 Å². The van der Waals surface area contributed by atoms with Gasteiger partial charge in [-0.05, 0) is 17.7 Å². The second-order valence-corrected chi connectivity index (χ2v) is 7.07. The maximum absolute atomic E-state index is 12.4. The van der Waals surface area contributed by atoms with E-state index in [0.717, 1.165) is 18.7 Å². The molecule has 1 saturated heterocycles. The highest BCUT2D eigenvalue weighted by Gasteiger charge is 2.32. The summed E-state index contributed by atoms with van der Waals surface area (Å²) in [7, 11) is 1.40. The number of benzene rings is 1. The zero-order valence-electron chi connectivity index (χ0n) is 15.4. The van der Waals surface area contributed by atoms with Crippen molar-refractivity contribution in [3.05, 3.63) is 53.3 Å². The monoisotopic (exact) mass is 392 g/mol. The molecule has 0 amide bonds. The van der Waals surface area contributed by atoms with Crippen LogP contribution >= 0.6 is 11.6 Å². The van der Waals surface area contributed by atoms with Crippen LogP contribution in [0.25, 0.3) is 0 Å². The fourth-order valence-electron chi connectivity index (χ4n) is 3.47. The zero-order valence-corrected chi connectivity index (χ0v) is 16.1. The topological polar surface area (TPSA) is 70.8 Å². The van der Waals surface area contributed by atoms with Gasteiger partial charge in [0.15, 0.2) is 0 Å². The number of carbonyl (C=O) groups is 1. The number of carbonyl (C=O) groups excluding carboxylic acids is 1. The number of esters is 1. The third kappa shape index (κ3) is 5.07. The molecule has 3 rings (SSSR count). The van der Waals surface area contributed by atoms with Crippen LogP contribution in [-0.4, -0.2) is 76.6 Å². The molecular formula is C19H25ClN4O3. The Balaban J connectivity index is 1.59. The Kier molecular flexibility index (Phi) is 6.84. The molecule has 1 aliphatic heterocycles. The van der Waals surface area contributed by atoms with Crippen LogP contribution in [0.2, 0.25) is 5.02 Å². The van der Waals surface area contributed by atoms with E-state index in [0.29, 0.717) is 31.2 Å². The van der Waals surface area contributed by atoms with E-state index in [9.17, 15) is 9.90 Å². The smallest absolute Gasteiger partial charge is 0.327 e. The van der Waals surface area contributed by atoms with Crippen LogP contribution in [0.4, 0.5) is 0 Å². The first kappa shape index (κ1) is 19.8. The molecule has 0 unspecified atom stereocenters. The van der Waals surface area contributed by atoms with Crippen molar-refractivity contribution in [2.45, 2.75) is 18.7 Å². The molecule has 1 N–H and O–H groups in total. The minimum Gasteiger partial charge on any atom is -0.468 e. The maximum atomic E-state index is 12.4. The highest BCUT2D eigenvalue weighted by Crippen LogP contribution is 2.29. The number of aliphatic hydroxyl groups is 1. The van der Waals surface area contributed by atoms with E-state index in [-0.39, 0.29) is 5.97 Å². The van der Waals surface area contributed by atoms with Gasteiger partial charge in [0.2, 0.25) is 0 Å². The van der Waals surface area contributed by atoms with Gasteiger partial charge in [-0.2, -0.15) is 5.10 Å². The van der Waals surface area contributed by atoms with E-state index in [1.165, 1.54) is 7.11 Å². The number of aromatic nitrogens is 2. The summed E-state index contributed by atoms with van der Waals surface area (Å²) >= 11 is 6.32. The lowest BCUT2D eigenvalue weighted by Crippen LogP contribution is -2.51. The van der Waals surface area contributed by atoms with Gasteiger partial charge in [0.1, 0.15) is 6.04 Å². The fourth-order valence-corrected chi connectivity index (χ4v) is 3.70. The highest BCUT2D eigenvalue weighted by atomic mass is 35.5. The van der Waals surface area contributed by atoms with Crippen LogP contribution in [0.3, 0.4) is 0 Å². The normalized spacial score (nSPS) is 18.2. The van der Waals surface area contributed by atoms with Crippen molar-refractivity contribution in [2.75, 3.05) is 39.8 Å². The summed E-state index contributed by atoms with van der Waals surface area (Å²) in [5.74, 6) is -0.310. The number of ether oxygens (including phenoxy) is 1. The maximum Gasteiger partial charge on any atom is 0.327 e. The summed E-state index contributed by atoms with van der Waals surface area (Å²) in [6, 6.07) is 8.70. The molecule has 1 aromatic carbocycles. The number of β-amino-alcohol motifs (C(OH)–C–C–N with tert-alkyl or cyclic N) is 1. The average Bonchev–Trinajstić information content (AvgIpc) is 3.17. The van der Waals surface area contributed by atoms with Gasteiger partial charge < -0.3 is 9.84 Å². The molecule has 0 bridgehead atoms. The average molecular weight is 393 g/mol. The third-order valence-electron chi connectivity index (χ3n) is 4.82. The number of nitrogens with zero attached hydrogens (tertiary/aromatic N) is 4. The van der Waals surface area contributed by atoms with Crippen LogP contribution in [0.15, 0.2) is 42.7 Å². The van der Waals surface area contributed by atoms with Gasteiger partial charge in [-0.25, -0.2) is 4.79 Å². The summed E-state index contributed by atoms with van der Waals surface area (Å²) in [6.45, 7) is 3.95. The van der Waals surface area contributed by atoms with Gasteiger partial charge in [-0.3, -0.25) is 14.5 Å². The lowest BCUT2D eigenvalue weighted by molar-refractivity contribution is -0.148. The molecule has 0 aliphatic carbocycles. The number of hydrogen-bond acceptors (Lipinski definition) is 6. The van der Waals surface area contributed by atoms with Gasteiger partial charge >= 0.3 is 5.97 Å². The predicted molar refractivity (Wildman–Crippen MR) is 102 cm³/mol. The quantitative estimate of drug-likeness (QED) is 0.719. The molecule has 0 radical (unpaired) electrons. The first-order valence-electron chi connectivity index (χ1n) is 9.02. The Bertz CT molecular complexity index is 732. The van der Waals surface area contributed by atoms with Gasteiger partial charge in [0.25, 0.3) is 0 Å². The van der Waals surface area contributed by atoms with Gasteiger partial charge in [-0.15, -0.1) is 0 Å².